The number of thiol groups is 1. The van der Waals surface area contributed by atoms with Crippen LogP contribution in [0.5, 0.6) is 0 Å². The SMILES string of the molecule is O=[SH]1(c2cccc(Cl)c2)N[Se]c2ccc(Cl)cc21. The standard InChI is InChI=1S/C12H9Cl2NOSSe/c13-8-2-1-3-10(6-8)17(16)11-7-9(14)4-5-12(11)18-15-17/h1-7,17H,(H,15,16). The zero-order valence-corrected chi connectivity index (χ0v) is 13.2. The number of nitrogens with one attached hydrogen (secondary N) is 1. The van der Waals surface area contributed by atoms with Crippen molar-refractivity contribution >= 4 is 53.0 Å². The summed E-state index contributed by atoms with van der Waals surface area (Å²) in [7, 11) is -2.76. The topological polar surface area (TPSA) is 29.1 Å². The van der Waals surface area contributed by atoms with Gasteiger partial charge in [0.15, 0.2) is 0 Å². The summed E-state index contributed by atoms with van der Waals surface area (Å²) in [4.78, 5) is 1.55. The van der Waals surface area contributed by atoms with Gasteiger partial charge in [-0.15, -0.1) is 0 Å². The predicted octanol–water partition coefficient (Wildman–Crippen LogP) is 2.19. The third-order valence-corrected chi connectivity index (χ3v) is 9.33. The van der Waals surface area contributed by atoms with E-state index in [0.29, 0.717) is 10.0 Å². The van der Waals surface area contributed by atoms with Crippen LogP contribution in [0.3, 0.4) is 0 Å². The van der Waals surface area contributed by atoms with Gasteiger partial charge in [0.1, 0.15) is 0 Å². The molecule has 0 bridgehead atoms. The van der Waals surface area contributed by atoms with Crippen molar-refractivity contribution in [3.05, 3.63) is 52.5 Å². The molecule has 6 heteroatoms. The molecule has 1 N–H and O–H groups in total. The van der Waals surface area contributed by atoms with Crippen LogP contribution < -0.4 is 8.20 Å². The summed E-state index contributed by atoms with van der Waals surface area (Å²) >= 11 is 12.0. The predicted molar refractivity (Wildman–Crippen MR) is 77.5 cm³/mol. The molecule has 1 aliphatic rings. The van der Waals surface area contributed by atoms with E-state index in [1.807, 2.05) is 24.3 Å². The van der Waals surface area contributed by atoms with Gasteiger partial charge in [-0.1, -0.05) is 0 Å². The molecule has 0 saturated heterocycles. The van der Waals surface area contributed by atoms with E-state index in [4.69, 9.17) is 23.2 Å². The Morgan fingerprint density at radius 3 is 2.61 bits per heavy atom. The monoisotopic (exact) mass is 365 g/mol. The molecule has 2 aromatic rings. The molecule has 0 amide bonds. The van der Waals surface area contributed by atoms with Gasteiger partial charge in [-0.25, -0.2) is 0 Å². The molecule has 0 unspecified atom stereocenters. The number of hydrogen-bond acceptors (Lipinski definition) is 1. The normalized spacial score (nSPS) is 18.3. The van der Waals surface area contributed by atoms with Gasteiger partial charge in [-0.2, -0.15) is 0 Å². The van der Waals surface area contributed by atoms with Gasteiger partial charge in [0.05, 0.1) is 0 Å². The van der Waals surface area contributed by atoms with E-state index in [0.717, 1.165) is 14.3 Å². The first-order valence-corrected chi connectivity index (χ1v) is 9.37. The maximum absolute atomic E-state index is 13.1. The Balaban J connectivity index is 2.20. The molecule has 0 saturated carbocycles. The Bertz CT molecular complexity index is 677. The van der Waals surface area contributed by atoms with E-state index < -0.39 is 10.1 Å². The number of benzene rings is 2. The fraction of sp³-hybridized carbons (Fsp3) is 0. The van der Waals surface area contributed by atoms with Crippen molar-refractivity contribution in [2.75, 3.05) is 0 Å². The second-order valence-electron chi connectivity index (χ2n) is 3.89. The summed E-state index contributed by atoms with van der Waals surface area (Å²) in [5.74, 6) is 0. The first-order valence-electron chi connectivity index (χ1n) is 5.20. The van der Waals surface area contributed by atoms with Gasteiger partial charge >= 0.3 is 123 Å². The van der Waals surface area contributed by atoms with Crippen LogP contribution in [0.15, 0.2) is 52.3 Å². The molecule has 0 aliphatic carbocycles. The van der Waals surface area contributed by atoms with Crippen molar-refractivity contribution in [2.45, 2.75) is 9.79 Å². The van der Waals surface area contributed by atoms with Gasteiger partial charge in [-0.3, -0.25) is 0 Å². The van der Waals surface area contributed by atoms with Crippen molar-refractivity contribution in [3.8, 4) is 0 Å². The molecule has 0 spiro atoms. The van der Waals surface area contributed by atoms with Crippen LogP contribution in [0, 0.1) is 0 Å². The van der Waals surface area contributed by atoms with Crippen LogP contribution >= 0.6 is 23.2 Å². The average Bonchev–Trinajstić information content (AvgIpc) is 2.68. The summed E-state index contributed by atoms with van der Waals surface area (Å²) in [6.07, 6.45) is 0. The zero-order chi connectivity index (χ0) is 12.8. The van der Waals surface area contributed by atoms with Gasteiger partial charge in [0.2, 0.25) is 0 Å². The summed E-state index contributed by atoms with van der Waals surface area (Å²) in [6.45, 7) is 0. The van der Waals surface area contributed by atoms with Crippen LogP contribution in [0.2, 0.25) is 10.0 Å². The molecule has 18 heavy (non-hydrogen) atoms. The minimum atomic E-state index is -2.76. The molecule has 94 valence electrons. The third-order valence-electron chi connectivity index (χ3n) is 2.72. The number of fused-ring (bicyclic) bond motifs is 1. The van der Waals surface area contributed by atoms with Gasteiger partial charge < -0.3 is 0 Å². The molecule has 3 rings (SSSR count). The molecule has 2 nitrogen and oxygen atoms in total. The zero-order valence-electron chi connectivity index (χ0n) is 9.06. The number of rotatable bonds is 1. The third kappa shape index (κ3) is 2.03. The van der Waals surface area contributed by atoms with Crippen molar-refractivity contribution in [3.63, 3.8) is 0 Å². The number of hydrogen-bond donors (Lipinski definition) is 2. The Morgan fingerprint density at radius 1 is 1.06 bits per heavy atom. The first-order chi connectivity index (χ1) is 8.59. The van der Waals surface area contributed by atoms with E-state index in [9.17, 15) is 4.21 Å². The van der Waals surface area contributed by atoms with E-state index in [-0.39, 0.29) is 15.2 Å². The molecule has 0 radical (unpaired) electrons. The average molecular weight is 365 g/mol. The van der Waals surface area contributed by atoms with E-state index in [1.165, 1.54) is 0 Å². The summed E-state index contributed by atoms with van der Waals surface area (Å²) in [5, 5.41) is 1.20. The van der Waals surface area contributed by atoms with Crippen molar-refractivity contribution in [2.24, 2.45) is 0 Å². The number of halogens is 2. The van der Waals surface area contributed by atoms with Crippen LogP contribution in [-0.4, -0.2) is 19.4 Å². The molecule has 0 atom stereocenters. The van der Waals surface area contributed by atoms with Crippen LogP contribution in [0.25, 0.3) is 0 Å². The summed E-state index contributed by atoms with van der Waals surface area (Å²) < 4.78 is 17.4. The quantitative estimate of drug-likeness (QED) is 0.589. The van der Waals surface area contributed by atoms with E-state index in [1.54, 1.807) is 18.2 Å². The molecule has 0 fully saturated rings. The Hall–Kier alpha value is -0.351. The Morgan fingerprint density at radius 2 is 1.83 bits per heavy atom. The fourth-order valence-corrected chi connectivity index (χ4v) is 8.78. The van der Waals surface area contributed by atoms with Crippen LogP contribution in [0.1, 0.15) is 0 Å². The van der Waals surface area contributed by atoms with Crippen molar-refractivity contribution in [1.29, 1.82) is 0 Å². The van der Waals surface area contributed by atoms with E-state index >= 15 is 0 Å². The summed E-state index contributed by atoms with van der Waals surface area (Å²) in [6, 6.07) is 12.7. The minimum absolute atomic E-state index is 0.0117. The molecular weight excluding hydrogens is 356 g/mol. The van der Waals surface area contributed by atoms with Crippen molar-refractivity contribution in [1.82, 2.24) is 3.74 Å². The van der Waals surface area contributed by atoms with Crippen LogP contribution in [0.4, 0.5) is 0 Å². The fourth-order valence-electron chi connectivity index (χ4n) is 1.85. The summed E-state index contributed by atoms with van der Waals surface area (Å²) in [5.41, 5.74) is 0. The second kappa shape index (κ2) is 4.64. The van der Waals surface area contributed by atoms with Crippen LogP contribution in [-0.2, 0) is 10.1 Å². The van der Waals surface area contributed by atoms with Gasteiger partial charge in [-0.05, 0) is 0 Å². The maximum atomic E-state index is 13.1. The van der Waals surface area contributed by atoms with E-state index in [2.05, 4.69) is 3.74 Å². The van der Waals surface area contributed by atoms with Gasteiger partial charge in [0, 0.05) is 0 Å². The van der Waals surface area contributed by atoms with Crippen molar-refractivity contribution < 1.29 is 4.21 Å². The first kappa shape index (κ1) is 12.7. The Kier molecular flexibility index (Phi) is 3.27. The molecule has 2 aromatic carbocycles. The molecule has 1 aliphatic heterocycles. The Labute approximate surface area is 123 Å². The second-order valence-corrected chi connectivity index (χ2v) is 9.67. The molecule has 0 aromatic heterocycles. The molecular formula is C12H9Cl2NOSSe. The molecule has 1 heterocycles. The van der Waals surface area contributed by atoms with Gasteiger partial charge in [0.25, 0.3) is 0 Å².